The quantitative estimate of drug-likeness (QED) is 0.692. The Morgan fingerprint density at radius 3 is 2.68 bits per heavy atom. The Morgan fingerprint density at radius 2 is 2.07 bits per heavy atom. The van der Waals surface area contributed by atoms with E-state index in [9.17, 15) is 9.59 Å². The van der Waals surface area contributed by atoms with E-state index in [1.165, 1.54) is 17.3 Å². The van der Waals surface area contributed by atoms with E-state index in [2.05, 4.69) is 10.3 Å². The molecular formula is C19H25N5O4. The van der Waals surface area contributed by atoms with Crippen LogP contribution >= 0.6 is 0 Å². The van der Waals surface area contributed by atoms with Crippen LogP contribution in [0.5, 0.6) is 11.5 Å². The van der Waals surface area contributed by atoms with Crippen molar-refractivity contribution in [2.75, 3.05) is 20.8 Å². The lowest BCUT2D eigenvalue weighted by Crippen LogP contribution is -2.37. The smallest absolute Gasteiger partial charge is 0.276 e. The van der Waals surface area contributed by atoms with Crippen LogP contribution in [0.25, 0.3) is 0 Å². The molecule has 0 spiro atoms. The second kappa shape index (κ2) is 8.73. The van der Waals surface area contributed by atoms with Gasteiger partial charge in [0.15, 0.2) is 5.69 Å². The molecule has 2 N–H and O–H groups in total. The lowest BCUT2D eigenvalue weighted by molar-refractivity contribution is -0.118. The fourth-order valence-corrected chi connectivity index (χ4v) is 3.19. The number of hydrogen-bond acceptors (Lipinski definition) is 6. The van der Waals surface area contributed by atoms with Crippen molar-refractivity contribution in [3.05, 3.63) is 35.7 Å². The van der Waals surface area contributed by atoms with Gasteiger partial charge < -0.3 is 20.1 Å². The van der Waals surface area contributed by atoms with Gasteiger partial charge in [0.05, 0.1) is 20.4 Å². The van der Waals surface area contributed by atoms with Crippen LogP contribution in [0.2, 0.25) is 0 Å². The number of carbonyl (C=O) groups excluding carboxylic acids is 2. The van der Waals surface area contributed by atoms with Crippen molar-refractivity contribution in [1.82, 2.24) is 19.9 Å². The number of rotatable bonds is 9. The Morgan fingerprint density at radius 1 is 1.29 bits per heavy atom. The highest BCUT2D eigenvalue weighted by atomic mass is 16.5. The van der Waals surface area contributed by atoms with Gasteiger partial charge in [0.25, 0.3) is 5.91 Å². The number of benzene rings is 1. The van der Waals surface area contributed by atoms with Crippen LogP contribution in [0.4, 0.5) is 0 Å². The van der Waals surface area contributed by atoms with Crippen molar-refractivity contribution in [2.45, 2.75) is 32.4 Å². The van der Waals surface area contributed by atoms with Crippen LogP contribution < -0.4 is 15.2 Å². The van der Waals surface area contributed by atoms with Crippen molar-refractivity contribution in [3.8, 4) is 11.5 Å². The summed E-state index contributed by atoms with van der Waals surface area (Å²) in [5, 5.41) is 7.73. The maximum absolute atomic E-state index is 13.1. The Hall–Kier alpha value is -3.10. The van der Waals surface area contributed by atoms with E-state index in [0.717, 1.165) is 18.4 Å². The van der Waals surface area contributed by atoms with Gasteiger partial charge in [0.1, 0.15) is 18.0 Å². The highest BCUT2D eigenvalue weighted by Crippen LogP contribution is 2.30. The van der Waals surface area contributed by atoms with Gasteiger partial charge in [-0.25, -0.2) is 4.68 Å². The Balaban J connectivity index is 1.81. The molecule has 2 aromatic rings. The third-order valence-corrected chi connectivity index (χ3v) is 4.92. The average molecular weight is 387 g/mol. The number of hydrogen-bond donors (Lipinski definition) is 1. The molecule has 1 aliphatic carbocycles. The third kappa shape index (κ3) is 4.59. The number of nitrogens with two attached hydrogens (primary N) is 1. The van der Waals surface area contributed by atoms with E-state index in [4.69, 9.17) is 15.2 Å². The topological polar surface area (TPSA) is 113 Å². The van der Waals surface area contributed by atoms with Crippen LogP contribution in [0, 0.1) is 5.92 Å². The van der Waals surface area contributed by atoms with Gasteiger partial charge in [-0.3, -0.25) is 9.59 Å². The normalized spacial score (nSPS) is 13.6. The number of methoxy groups -OCH3 is 2. The first kappa shape index (κ1) is 19.7. The van der Waals surface area contributed by atoms with Crippen molar-refractivity contribution in [2.24, 2.45) is 11.7 Å². The molecule has 150 valence electrons. The lowest BCUT2D eigenvalue weighted by atomic mass is 9.85. The molecule has 1 aliphatic rings. The zero-order valence-electron chi connectivity index (χ0n) is 16.1. The first-order valence-corrected chi connectivity index (χ1v) is 9.18. The summed E-state index contributed by atoms with van der Waals surface area (Å²) < 4.78 is 12.0. The van der Waals surface area contributed by atoms with Crippen LogP contribution in [0.3, 0.4) is 0 Å². The molecule has 3 rings (SSSR count). The van der Waals surface area contributed by atoms with E-state index in [1.807, 2.05) is 12.1 Å². The zero-order valence-corrected chi connectivity index (χ0v) is 16.1. The van der Waals surface area contributed by atoms with Gasteiger partial charge in [-0.05, 0) is 30.9 Å². The van der Waals surface area contributed by atoms with E-state index in [1.54, 1.807) is 25.2 Å². The predicted octanol–water partition coefficient (Wildman–Crippen LogP) is 1.22. The minimum absolute atomic E-state index is 0.116. The number of aromatic nitrogens is 3. The minimum atomic E-state index is -0.543. The highest BCUT2D eigenvalue weighted by Gasteiger charge is 2.27. The molecule has 1 aromatic heterocycles. The number of ether oxygens (including phenoxy) is 2. The van der Waals surface area contributed by atoms with Crippen molar-refractivity contribution >= 4 is 11.8 Å². The molecule has 28 heavy (non-hydrogen) atoms. The number of amides is 2. The summed E-state index contributed by atoms with van der Waals surface area (Å²) >= 11 is 0. The molecule has 1 aromatic carbocycles. The van der Waals surface area contributed by atoms with E-state index in [0.29, 0.717) is 30.5 Å². The summed E-state index contributed by atoms with van der Waals surface area (Å²) in [6.45, 7) is 0.900. The summed E-state index contributed by atoms with van der Waals surface area (Å²) in [5.74, 6) is 1.04. The summed E-state index contributed by atoms with van der Waals surface area (Å²) in [7, 11) is 3.18. The summed E-state index contributed by atoms with van der Waals surface area (Å²) in [6.07, 6.45) is 4.86. The summed E-state index contributed by atoms with van der Waals surface area (Å²) in [4.78, 5) is 25.9. The Bertz CT molecular complexity index is 847. The monoisotopic (exact) mass is 387 g/mol. The van der Waals surface area contributed by atoms with Crippen molar-refractivity contribution in [3.63, 3.8) is 0 Å². The highest BCUT2D eigenvalue weighted by molar-refractivity contribution is 5.92. The Kier molecular flexibility index (Phi) is 6.13. The summed E-state index contributed by atoms with van der Waals surface area (Å²) in [6, 6.07) is 5.53. The van der Waals surface area contributed by atoms with E-state index in [-0.39, 0.29) is 18.1 Å². The molecular weight excluding hydrogens is 362 g/mol. The van der Waals surface area contributed by atoms with Gasteiger partial charge >= 0.3 is 0 Å². The standard InChI is InChI=1S/C19H25N5O4/c1-27-15-7-6-14(17(8-15)28-2)10-23(9-13-4-3-5-13)19(26)16-11-24(22-21-16)12-18(20)25/h6-8,11,13H,3-5,9-10,12H2,1-2H3,(H2,20,25). The number of primary amides is 1. The first-order valence-electron chi connectivity index (χ1n) is 9.18. The molecule has 1 heterocycles. The van der Waals surface area contributed by atoms with Crippen molar-refractivity contribution < 1.29 is 19.1 Å². The van der Waals surface area contributed by atoms with Crippen LogP contribution in [0.15, 0.2) is 24.4 Å². The van der Waals surface area contributed by atoms with E-state index < -0.39 is 5.91 Å². The van der Waals surface area contributed by atoms with Gasteiger partial charge in [0, 0.05) is 24.7 Å². The molecule has 0 atom stereocenters. The largest absolute Gasteiger partial charge is 0.497 e. The predicted molar refractivity (Wildman–Crippen MR) is 101 cm³/mol. The molecule has 0 bridgehead atoms. The SMILES string of the molecule is COc1ccc(CN(CC2CCC2)C(=O)c2cn(CC(N)=O)nn2)c(OC)c1. The molecule has 0 saturated heterocycles. The lowest BCUT2D eigenvalue weighted by Gasteiger charge is -2.32. The third-order valence-electron chi connectivity index (χ3n) is 4.92. The number of carbonyl (C=O) groups is 2. The van der Waals surface area contributed by atoms with Crippen molar-refractivity contribution in [1.29, 1.82) is 0 Å². The molecule has 0 radical (unpaired) electrons. The Labute approximate surface area is 163 Å². The summed E-state index contributed by atoms with van der Waals surface area (Å²) in [5.41, 5.74) is 6.24. The van der Waals surface area contributed by atoms with E-state index >= 15 is 0 Å². The van der Waals surface area contributed by atoms with Crippen LogP contribution in [-0.2, 0) is 17.9 Å². The fourth-order valence-electron chi connectivity index (χ4n) is 3.19. The van der Waals surface area contributed by atoms with Gasteiger partial charge in [-0.1, -0.05) is 11.6 Å². The second-order valence-electron chi connectivity index (χ2n) is 6.93. The maximum Gasteiger partial charge on any atom is 0.276 e. The molecule has 9 nitrogen and oxygen atoms in total. The van der Waals surface area contributed by atoms with Crippen LogP contribution in [-0.4, -0.2) is 52.5 Å². The average Bonchev–Trinajstić information content (AvgIpc) is 3.10. The number of nitrogens with zero attached hydrogens (tertiary/aromatic N) is 4. The second-order valence-corrected chi connectivity index (χ2v) is 6.93. The minimum Gasteiger partial charge on any atom is -0.497 e. The molecule has 9 heteroatoms. The molecule has 2 amide bonds. The molecule has 1 fully saturated rings. The van der Waals surface area contributed by atoms with Gasteiger partial charge in [-0.15, -0.1) is 5.10 Å². The molecule has 0 unspecified atom stereocenters. The van der Waals surface area contributed by atoms with Gasteiger partial charge in [-0.2, -0.15) is 0 Å². The molecule has 1 saturated carbocycles. The first-order chi connectivity index (χ1) is 13.5. The zero-order chi connectivity index (χ0) is 20.1. The maximum atomic E-state index is 13.1. The van der Waals surface area contributed by atoms with Crippen LogP contribution in [0.1, 0.15) is 35.3 Å². The fraction of sp³-hybridized carbons (Fsp3) is 0.474. The van der Waals surface area contributed by atoms with Gasteiger partial charge in [0.2, 0.25) is 5.91 Å². The molecule has 0 aliphatic heterocycles.